The molecule has 0 spiro atoms. The van der Waals surface area contributed by atoms with Gasteiger partial charge < -0.3 is 19.5 Å². The summed E-state index contributed by atoms with van der Waals surface area (Å²) in [6.45, 7) is -0.303. The predicted molar refractivity (Wildman–Crippen MR) is 73.3 cm³/mol. The topological polar surface area (TPSA) is 117 Å². The zero-order valence-electron chi connectivity index (χ0n) is 11.5. The Morgan fingerprint density at radius 1 is 1.41 bits per heavy atom. The molecule has 1 aliphatic heterocycles. The Morgan fingerprint density at radius 3 is 2.73 bits per heavy atom. The van der Waals surface area contributed by atoms with Crippen LogP contribution in [0.2, 0.25) is 0 Å². The van der Waals surface area contributed by atoms with Crippen molar-refractivity contribution in [3.8, 4) is 11.5 Å². The first-order valence-corrected chi connectivity index (χ1v) is 6.12. The summed E-state index contributed by atoms with van der Waals surface area (Å²) >= 11 is 0. The van der Waals surface area contributed by atoms with Crippen molar-refractivity contribution < 1.29 is 28.7 Å². The number of esters is 1. The zero-order chi connectivity index (χ0) is 16.1. The number of nitro benzene ring substituents is 1. The molecule has 1 amide bonds. The molecule has 0 saturated heterocycles. The zero-order valence-corrected chi connectivity index (χ0v) is 11.5. The van der Waals surface area contributed by atoms with Crippen LogP contribution in [0.1, 0.15) is 5.56 Å². The van der Waals surface area contributed by atoms with Gasteiger partial charge in [-0.1, -0.05) is 0 Å². The minimum Gasteiger partial charge on any atom is -0.468 e. The van der Waals surface area contributed by atoms with Crippen molar-refractivity contribution in [2.45, 2.75) is 0 Å². The van der Waals surface area contributed by atoms with Crippen molar-refractivity contribution >= 4 is 23.6 Å². The van der Waals surface area contributed by atoms with E-state index < -0.39 is 16.8 Å². The molecular weight excluding hydrogens is 296 g/mol. The first kappa shape index (κ1) is 15.3. The second kappa shape index (κ2) is 6.57. The Labute approximate surface area is 124 Å². The monoisotopic (exact) mass is 308 g/mol. The fraction of sp³-hybridized carbons (Fsp3) is 0.231. The van der Waals surface area contributed by atoms with Crippen LogP contribution >= 0.6 is 0 Å². The largest absolute Gasteiger partial charge is 0.468 e. The number of methoxy groups -OCH3 is 1. The number of nitro groups is 1. The first-order chi connectivity index (χ1) is 10.5. The highest BCUT2D eigenvalue weighted by atomic mass is 16.7. The molecular formula is C13H12N2O7. The highest BCUT2D eigenvalue weighted by Crippen LogP contribution is 2.38. The smallest absolute Gasteiger partial charge is 0.325 e. The molecule has 0 unspecified atom stereocenters. The van der Waals surface area contributed by atoms with Crippen LogP contribution in [-0.4, -0.2) is 37.2 Å². The molecule has 0 radical (unpaired) electrons. The summed E-state index contributed by atoms with van der Waals surface area (Å²) < 4.78 is 14.6. The summed E-state index contributed by atoms with van der Waals surface area (Å²) in [4.78, 5) is 32.8. The van der Waals surface area contributed by atoms with Crippen molar-refractivity contribution in [2.75, 3.05) is 20.4 Å². The summed E-state index contributed by atoms with van der Waals surface area (Å²) in [6.07, 6.45) is 2.33. The van der Waals surface area contributed by atoms with Gasteiger partial charge in [0.05, 0.1) is 23.7 Å². The van der Waals surface area contributed by atoms with Gasteiger partial charge in [0.2, 0.25) is 12.7 Å². The number of benzene rings is 1. The van der Waals surface area contributed by atoms with E-state index in [1.165, 1.54) is 25.3 Å². The fourth-order valence-electron chi connectivity index (χ4n) is 1.69. The van der Waals surface area contributed by atoms with E-state index in [1.54, 1.807) is 0 Å². The third-order valence-electron chi connectivity index (χ3n) is 2.77. The third kappa shape index (κ3) is 3.51. The summed E-state index contributed by atoms with van der Waals surface area (Å²) in [5, 5.41) is 13.3. The molecule has 9 nitrogen and oxygen atoms in total. The van der Waals surface area contributed by atoms with Crippen molar-refractivity contribution in [3.63, 3.8) is 0 Å². The Hall–Kier alpha value is -3.10. The molecule has 22 heavy (non-hydrogen) atoms. The number of amides is 1. The molecule has 1 aliphatic rings. The lowest BCUT2D eigenvalue weighted by atomic mass is 10.1. The van der Waals surface area contributed by atoms with E-state index in [1.807, 2.05) is 0 Å². The number of hydrogen-bond donors (Lipinski definition) is 1. The van der Waals surface area contributed by atoms with Gasteiger partial charge in [0.1, 0.15) is 6.54 Å². The Balaban J connectivity index is 2.14. The van der Waals surface area contributed by atoms with E-state index in [-0.39, 0.29) is 30.3 Å². The average Bonchev–Trinajstić information content (AvgIpc) is 2.96. The lowest BCUT2D eigenvalue weighted by Crippen LogP contribution is -2.28. The minimum absolute atomic E-state index is 0.0146. The van der Waals surface area contributed by atoms with Crippen molar-refractivity contribution in [2.24, 2.45) is 0 Å². The van der Waals surface area contributed by atoms with E-state index in [9.17, 15) is 19.7 Å². The van der Waals surface area contributed by atoms with E-state index >= 15 is 0 Å². The number of nitrogens with one attached hydrogen (secondary N) is 1. The second-order valence-corrected chi connectivity index (χ2v) is 4.15. The van der Waals surface area contributed by atoms with Gasteiger partial charge in [0.25, 0.3) is 5.69 Å². The predicted octanol–water partition coefficient (Wildman–Crippen LogP) is 0.626. The number of nitrogens with zero attached hydrogens (tertiary/aromatic N) is 1. The molecule has 0 atom stereocenters. The Bertz CT molecular complexity index is 654. The maximum absolute atomic E-state index is 11.5. The molecule has 0 fully saturated rings. The molecule has 0 aromatic heterocycles. The van der Waals surface area contributed by atoms with Crippen molar-refractivity contribution in [1.29, 1.82) is 0 Å². The van der Waals surface area contributed by atoms with Crippen molar-refractivity contribution in [1.82, 2.24) is 5.32 Å². The van der Waals surface area contributed by atoms with Crippen LogP contribution in [0.3, 0.4) is 0 Å². The van der Waals surface area contributed by atoms with Gasteiger partial charge in [-0.2, -0.15) is 0 Å². The van der Waals surface area contributed by atoms with Gasteiger partial charge in [-0.15, -0.1) is 0 Å². The number of rotatable bonds is 5. The van der Waals surface area contributed by atoms with Crippen LogP contribution in [0.25, 0.3) is 6.08 Å². The highest BCUT2D eigenvalue weighted by Gasteiger charge is 2.22. The Kier molecular flexibility index (Phi) is 4.57. The molecule has 1 heterocycles. The maximum Gasteiger partial charge on any atom is 0.325 e. The lowest BCUT2D eigenvalue weighted by molar-refractivity contribution is -0.385. The number of carbonyl (C=O) groups excluding carboxylic acids is 2. The van der Waals surface area contributed by atoms with Gasteiger partial charge in [-0.05, 0) is 12.1 Å². The molecule has 116 valence electrons. The van der Waals surface area contributed by atoms with Crippen LogP contribution in [0, 0.1) is 10.1 Å². The van der Waals surface area contributed by atoms with E-state index in [2.05, 4.69) is 10.1 Å². The number of carbonyl (C=O) groups is 2. The van der Waals surface area contributed by atoms with E-state index in [0.29, 0.717) is 5.75 Å². The molecule has 9 heteroatoms. The number of ether oxygens (including phenoxy) is 3. The van der Waals surface area contributed by atoms with Gasteiger partial charge in [0.15, 0.2) is 11.5 Å². The lowest BCUT2D eigenvalue weighted by Gasteiger charge is -2.02. The van der Waals surface area contributed by atoms with Crippen LogP contribution in [-0.2, 0) is 14.3 Å². The van der Waals surface area contributed by atoms with Crippen LogP contribution < -0.4 is 14.8 Å². The van der Waals surface area contributed by atoms with E-state index in [0.717, 1.165) is 6.08 Å². The van der Waals surface area contributed by atoms with Gasteiger partial charge in [-0.25, -0.2) is 0 Å². The molecule has 1 aromatic carbocycles. The molecule has 2 rings (SSSR count). The minimum atomic E-state index is -0.601. The van der Waals surface area contributed by atoms with Crippen molar-refractivity contribution in [3.05, 3.63) is 33.9 Å². The summed E-state index contributed by atoms with van der Waals surface area (Å²) in [5.74, 6) is -0.549. The molecule has 0 aliphatic carbocycles. The quantitative estimate of drug-likeness (QED) is 0.367. The number of fused-ring (bicyclic) bond motifs is 1. The molecule has 0 saturated carbocycles. The molecule has 1 N–H and O–H groups in total. The van der Waals surface area contributed by atoms with Gasteiger partial charge in [0, 0.05) is 6.08 Å². The summed E-state index contributed by atoms with van der Waals surface area (Å²) in [7, 11) is 1.19. The first-order valence-electron chi connectivity index (χ1n) is 6.12. The van der Waals surface area contributed by atoms with Crippen LogP contribution in [0.4, 0.5) is 5.69 Å². The summed E-state index contributed by atoms with van der Waals surface area (Å²) in [6, 6.07) is 2.64. The Morgan fingerprint density at radius 2 is 2.09 bits per heavy atom. The third-order valence-corrected chi connectivity index (χ3v) is 2.77. The second-order valence-electron chi connectivity index (χ2n) is 4.15. The van der Waals surface area contributed by atoms with Crippen LogP contribution in [0.5, 0.6) is 11.5 Å². The average molecular weight is 308 g/mol. The molecule has 1 aromatic rings. The molecule has 0 bridgehead atoms. The van der Waals surface area contributed by atoms with E-state index in [4.69, 9.17) is 9.47 Å². The highest BCUT2D eigenvalue weighted by molar-refractivity contribution is 5.94. The number of hydrogen-bond acceptors (Lipinski definition) is 7. The maximum atomic E-state index is 11.5. The fourth-order valence-corrected chi connectivity index (χ4v) is 1.69. The van der Waals surface area contributed by atoms with Crippen LogP contribution in [0.15, 0.2) is 18.2 Å². The summed E-state index contributed by atoms with van der Waals surface area (Å²) in [5.41, 5.74) is -0.0382. The SMILES string of the molecule is COC(=O)CNC(=O)/C=C/c1cc2c(cc1[N+](=O)[O-])OCO2. The van der Waals surface area contributed by atoms with Gasteiger partial charge >= 0.3 is 5.97 Å². The van der Waals surface area contributed by atoms with Gasteiger partial charge in [-0.3, -0.25) is 19.7 Å². The normalized spacial score (nSPS) is 12.2. The standard InChI is InChI=1S/C13H12N2O7/c1-20-13(17)6-14-12(16)3-2-8-4-10-11(22-7-21-10)5-9(8)15(18)19/h2-5H,6-7H2,1H3,(H,14,16)/b3-2+.